The highest BCUT2D eigenvalue weighted by molar-refractivity contribution is 6.03. The standard InChI is InChI=1S/C24H28F3N3O3/c1-2-33-22(32)23(11-6-12-23)21(31)29-16-8-5-7-15(13-16)28-19-14-20(24(25,26)27)30-18-10-4-3-9-17(18)19/h3-4,9-10,14-16H,2,5-8,11-13H2,1H3,(H,28,30)(H,29,31)/t15-,16+/m0/s1. The number of pyridine rings is 1. The van der Waals surface area contributed by atoms with Gasteiger partial charge in [-0.3, -0.25) is 9.59 Å². The van der Waals surface area contributed by atoms with Crippen LogP contribution in [-0.2, 0) is 20.5 Å². The average Bonchev–Trinajstić information content (AvgIpc) is 2.72. The van der Waals surface area contributed by atoms with E-state index in [0.717, 1.165) is 31.7 Å². The van der Waals surface area contributed by atoms with Crippen molar-refractivity contribution in [1.29, 1.82) is 0 Å². The fourth-order valence-corrected chi connectivity index (χ4v) is 4.76. The monoisotopic (exact) mass is 463 g/mol. The summed E-state index contributed by atoms with van der Waals surface area (Å²) in [7, 11) is 0. The number of benzene rings is 1. The highest BCUT2D eigenvalue weighted by Gasteiger charge is 2.52. The van der Waals surface area contributed by atoms with Gasteiger partial charge in [-0.1, -0.05) is 24.6 Å². The van der Waals surface area contributed by atoms with Gasteiger partial charge in [0.25, 0.3) is 0 Å². The molecule has 0 radical (unpaired) electrons. The Morgan fingerprint density at radius 1 is 1.15 bits per heavy atom. The van der Waals surface area contributed by atoms with Crippen LogP contribution in [0.2, 0.25) is 0 Å². The van der Waals surface area contributed by atoms with Gasteiger partial charge in [0.05, 0.1) is 12.1 Å². The molecule has 1 aromatic carbocycles. The number of esters is 1. The van der Waals surface area contributed by atoms with Crippen LogP contribution in [0.4, 0.5) is 18.9 Å². The van der Waals surface area contributed by atoms with E-state index in [-0.39, 0.29) is 30.1 Å². The van der Waals surface area contributed by atoms with Crippen molar-refractivity contribution in [1.82, 2.24) is 10.3 Å². The number of aromatic nitrogens is 1. The largest absolute Gasteiger partial charge is 0.465 e. The third-order valence-corrected chi connectivity index (χ3v) is 6.68. The number of alkyl halides is 3. The number of hydrogen-bond acceptors (Lipinski definition) is 5. The summed E-state index contributed by atoms with van der Waals surface area (Å²) in [5.41, 5.74) is -1.38. The molecule has 0 unspecified atom stereocenters. The number of rotatable bonds is 6. The minimum atomic E-state index is -4.55. The summed E-state index contributed by atoms with van der Waals surface area (Å²) in [6.07, 6.45) is 0.115. The number of nitrogens with one attached hydrogen (secondary N) is 2. The topological polar surface area (TPSA) is 80.3 Å². The molecule has 6 nitrogen and oxygen atoms in total. The van der Waals surface area contributed by atoms with Crippen LogP contribution in [0, 0.1) is 5.41 Å². The number of para-hydroxylation sites is 1. The zero-order valence-electron chi connectivity index (χ0n) is 18.5. The van der Waals surface area contributed by atoms with Gasteiger partial charge in [0, 0.05) is 23.2 Å². The molecule has 0 bridgehead atoms. The molecule has 33 heavy (non-hydrogen) atoms. The van der Waals surface area contributed by atoms with Gasteiger partial charge in [-0.2, -0.15) is 13.2 Å². The van der Waals surface area contributed by atoms with E-state index in [1.807, 2.05) is 0 Å². The first-order valence-electron chi connectivity index (χ1n) is 11.4. The first kappa shape index (κ1) is 23.3. The zero-order valence-corrected chi connectivity index (χ0v) is 18.5. The molecule has 1 heterocycles. The van der Waals surface area contributed by atoms with E-state index in [2.05, 4.69) is 15.6 Å². The molecule has 9 heteroatoms. The molecular formula is C24H28F3N3O3. The number of fused-ring (bicyclic) bond motifs is 1. The second kappa shape index (κ2) is 9.19. The molecule has 2 aliphatic rings. The Balaban J connectivity index is 1.48. The van der Waals surface area contributed by atoms with Gasteiger partial charge in [-0.05, 0) is 57.6 Å². The number of ether oxygens (including phenoxy) is 1. The smallest absolute Gasteiger partial charge is 0.433 e. The van der Waals surface area contributed by atoms with Gasteiger partial charge in [-0.15, -0.1) is 0 Å². The molecule has 178 valence electrons. The lowest BCUT2D eigenvalue weighted by Crippen LogP contribution is -2.55. The van der Waals surface area contributed by atoms with Crippen molar-refractivity contribution in [2.24, 2.45) is 5.41 Å². The van der Waals surface area contributed by atoms with E-state index in [9.17, 15) is 22.8 Å². The lowest BCUT2D eigenvalue weighted by molar-refractivity contribution is -0.167. The highest BCUT2D eigenvalue weighted by Crippen LogP contribution is 2.43. The Hall–Kier alpha value is -2.84. The van der Waals surface area contributed by atoms with Crippen molar-refractivity contribution in [2.45, 2.75) is 70.1 Å². The van der Waals surface area contributed by atoms with Crippen molar-refractivity contribution in [3.05, 3.63) is 36.0 Å². The first-order chi connectivity index (χ1) is 15.7. The van der Waals surface area contributed by atoms with E-state index in [1.54, 1.807) is 31.2 Å². The van der Waals surface area contributed by atoms with Crippen LogP contribution in [0.15, 0.2) is 30.3 Å². The van der Waals surface area contributed by atoms with E-state index < -0.39 is 23.3 Å². The summed E-state index contributed by atoms with van der Waals surface area (Å²) in [5, 5.41) is 6.90. The van der Waals surface area contributed by atoms with Gasteiger partial charge < -0.3 is 15.4 Å². The van der Waals surface area contributed by atoms with E-state index in [0.29, 0.717) is 30.3 Å². The van der Waals surface area contributed by atoms with E-state index in [4.69, 9.17) is 4.74 Å². The molecule has 0 saturated heterocycles. The average molecular weight is 464 g/mol. The van der Waals surface area contributed by atoms with Crippen LogP contribution < -0.4 is 10.6 Å². The van der Waals surface area contributed by atoms with Crippen molar-refractivity contribution >= 4 is 28.5 Å². The lowest BCUT2D eigenvalue weighted by atomic mass is 9.67. The van der Waals surface area contributed by atoms with Crippen LogP contribution in [0.1, 0.15) is 57.6 Å². The quantitative estimate of drug-likeness (QED) is 0.474. The summed E-state index contributed by atoms with van der Waals surface area (Å²) in [6.45, 7) is 1.94. The number of nitrogens with zero attached hydrogens (tertiary/aromatic N) is 1. The molecule has 4 rings (SSSR count). The Morgan fingerprint density at radius 2 is 1.88 bits per heavy atom. The van der Waals surface area contributed by atoms with Crippen molar-refractivity contribution in [2.75, 3.05) is 11.9 Å². The second-order valence-corrected chi connectivity index (χ2v) is 8.90. The number of amides is 1. The Kier molecular flexibility index (Phi) is 6.50. The van der Waals surface area contributed by atoms with Crippen LogP contribution in [0.25, 0.3) is 10.9 Å². The Labute approximate surface area is 190 Å². The highest BCUT2D eigenvalue weighted by atomic mass is 19.4. The predicted octanol–water partition coefficient (Wildman–Crippen LogP) is 4.83. The van der Waals surface area contributed by atoms with Crippen LogP contribution in [0.5, 0.6) is 0 Å². The lowest BCUT2D eigenvalue weighted by Gasteiger charge is -2.39. The summed E-state index contributed by atoms with van der Waals surface area (Å²) >= 11 is 0. The molecule has 2 aromatic rings. The molecule has 1 amide bonds. The second-order valence-electron chi connectivity index (χ2n) is 8.90. The molecule has 2 aliphatic carbocycles. The maximum atomic E-state index is 13.4. The van der Waals surface area contributed by atoms with Crippen molar-refractivity contribution < 1.29 is 27.5 Å². The number of halogens is 3. The SMILES string of the molecule is CCOC(=O)C1(C(=O)N[C@@H]2CCC[C@H](Nc3cc(C(F)(F)F)nc4ccccc34)C2)CCC1. The van der Waals surface area contributed by atoms with Gasteiger partial charge in [0.1, 0.15) is 11.1 Å². The van der Waals surface area contributed by atoms with Gasteiger partial charge in [0.2, 0.25) is 5.91 Å². The van der Waals surface area contributed by atoms with Gasteiger partial charge >= 0.3 is 12.1 Å². The molecule has 2 atom stereocenters. The van der Waals surface area contributed by atoms with Gasteiger partial charge in [-0.25, -0.2) is 4.98 Å². The van der Waals surface area contributed by atoms with Crippen molar-refractivity contribution in [3.63, 3.8) is 0 Å². The maximum absolute atomic E-state index is 13.4. The first-order valence-corrected chi connectivity index (χ1v) is 11.4. The third kappa shape index (κ3) is 4.77. The van der Waals surface area contributed by atoms with Crippen molar-refractivity contribution in [3.8, 4) is 0 Å². The molecule has 0 spiro atoms. The minimum Gasteiger partial charge on any atom is -0.465 e. The Morgan fingerprint density at radius 3 is 2.55 bits per heavy atom. The summed E-state index contributed by atoms with van der Waals surface area (Å²) in [5.74, 6) is -0.770. The summed E-state index contributed by atoms with van der Waals surface area (Å²) < 4.78 is 45.3. The van der Waals surface area contributed by atoms with Crippen LogP contribution in [0.3, 0.4) is 0 Å². The zero-order chi connectivity index (χ0) is 23.6. The molecule has 2 N–H and O–H groups in total. The normalized spacial score (nSPS) is 22.3. The van der Waals surface area contributed by atoms with Crippen LogP contribution >= 0.6 is 0 Å². The predicted molar refractivity (Wildman–Crippen MR) is 117 cm³/mol. The molecular weight excluding hydrogens is 435 g/mol. The third-order valence-electron chi connectivity index (χ3n) is 6.68. The van der Waals surface area contributed by atoms with E-state index in [1.165, 1.54) is 0 Å². The van der Waals surface area contributed by atoms with Crippen LogP contribution in [-0.4, -0.2) is 35.6 Å². The number of hydrogen-bond donors (Lipinski definition) is 2. The van der Waals surface area contributed by atoms with E-state index >= 15 is 0 Å². The molecule has 2 saturated carbocycles. The summed E-state index contributed by atoms with van der Waals surface area (Å²) in [4.78, 5) is 29.1. The molecule has 2 fully saturated rings. The number of carbonyl (C=O) groups excluding carboxylic acids is 2. The number of anilines is 1. The number of carbonyl (C=O) groups is 2. The molecule has 1 aromatic heterocycles. The molecule has 0 aliphatic heterocycles. The summed E-state index contributed by atoms with van der Waals surface area (Å²) in [6, 6.07) is 7.50. The fraction of sp³-hybridized carbons (Fsp3) is 0.542. The fourth-order valence-electron chi connectivity index (χ4n) is 4.76. The Bertz CT molecular complexity index is 1040. The minimum absolute atomic E-state index is 0.115. The van der Waals surface area contributed by atoms with Gasteiger partial charge in [0.15, 0.2) is 0 Å². The maximum Gasteiger partial charge on any atom is 0.433 e.